The van der Waals surface area contributed by atoms with Crippen LogP contribution in [0.25, 0.3) is 0 Å². The molecule has 0 spiro atoms. The van der Waals surface area contributed by atoms with Gasteiger partial charge in [-0.15, -0.1) is 12.4 Å². The topological polar surface area (TPSA) is 64.4 Å². The number of amides is 1. The summed E-state index contributed by atoms with van der Waals surface area (Å²) in [5.41, 5.74) is 7.71. The van der Waals surface area contributed by atoms with E-state index in [0.717, 1.165) is 30.0 Å². The van der Waals surface area contributed by atoms with Crippen LogP contribution in [0.2, 0.25) is 0 Å². The van der Waals surface area contributed by atoms with Crippen molar-refractivity contribution in [3.8, 4) is 5.75 Å². The zero-order valence-electron chi connectivity index (χ0n) is 10.6. The lowest BCUT2D eigenvalue weighted by molar-refractivity contribution is -0.118. The Kier molecular flexibility index (Phi) is 4.99. The molecule has 0 saturated heterocycles. The molecule has 0 fully saturated rings. The maximum Gasteiger partial charge on any atom is 0.241 e. The summed E-state index contributed by atoms with van der Waals surface area (Å²) in [5.74, 6) is 0.905. The van der Waals surface area contributed by atoms with Gasteiger partial charge in [-0.2, -0.15) is 0 Å². The number of hydrogen-bond acceptors (Lipinski definition) is 3. The van der Waals surface area contributed by atoms with Crippen LogP contribution in [0, 0.1) is 5.92 Å². The van der Waals surface area contributed by atoms with E-state index in [4.69, 9.17) is 10.5 Å². The first kappa shape index (κ1) is 14.8. The van der Waals surface area contributed by atoms with Crippen LogP contribution in [0.15, 0.2) is 18.2 Å². The van der Waals surface area contributed by atoms with Crippen molar-refractivity contribution in [2.45, 2.75) is 26.3 Å². The fourth-order valence-corrected chi connectivity index (χ4v) is 1.79. The first-order valence-electron chi connectivity index (χ1n) is 5.90. The Bertz CT molecular complexity index is 435. The van der Waals surface area contributed by atoms with Gasteiger partial charge in [-0.3, -0.25) is 4.79 Å². The molecular formula is C13H19ClN2O2. The van der Waals surface area contributed by atoms with Gasteiger partial charge in [0.1, 0.15) is 5.75 Å². The van der Waals surface area contributed by atoms with Gasteiger partial charge in [0.15, 0.2) is 0 Å². The van der Waals surface area contributed by atoms with Crippen LogP contribution < -0.4 is 15.8 Å². The van der Waals surface area contributed by atoms with E-state index in [1.807, 2.05) is 32.0 Å². The lowest BCUT2D eigenvalue weighted by Gasteiger charge is -2.15. The summed E-state index contributed by atoms with van der Waals surface area (Å²) in [6.07, 6.45) is 0.898. The summed E-state index contributed by atoms with van der Waals surface area (Å²) in [6, 6.07) is 5.21. The van der Waals surface area contributed by atoms with Gasteiger partial charge in [0.2, 0.25) is 5.91 Å². The molecule has 1 aromatic carbocycles. The van der Waals surface area contributed by atoms with Crippen LogP contribution in [0.5, 0.6) is 5.75 Å². The summed E-state index contributed by atoms with van der Waals surface area (Å²) >= 11 is 0. The SMILES string of the molecule is CC(C)C(N)C(=O)Nc1ccc2c(c1)CCO2.Cl. The number of carbonyl (C=O) groups is 1. The van der Waals surface area contributed by atoms with Crippen LogP contribution in [0.1, 0.15) is 19.4 Å². The zero-order chi connectivity index (χ0) is 12.4. The number of halogens is 1. The molecule has 3 N–H and O–H groups in total. The Morgan fingerprint density at radius 1 is 1.44 bits per heavy atom. The summed E-state index contributed by atoms with van der Waals surface area (Å²) in [5, 5.41) is 2.83. The highest BCUT2D eigenvalue weighted by Crippen LogP contribution is 2.27. The Hall–Kier alpha value is -1.26. The number of carbonyl (C=O) groups excluding carboxylic acids is 1. The molecule has 1 aliphatic heterocycles. The molecule has 100 valence electrons. The fourth-order valence-electron chi connectivity index (χ4n) is 1.79. The lowest BCUT2D eigenvalue weighted by atomic mass is 10.0. The van der Waals surface area contributed by atoms with E-state index < -0.39 is 6.04 Å². The molecule has 1 atom stereocenters. The molecular weight excluding hydrogens is 252 g/mol. The number of anilines is 1. The largest absolute Gasteiger partial charge is 0.493 e. The summed E-state index contributed by atoms with van der Waals surface area (Å²) in [6.45, 7) is 4.58. The highest BCUT2D eigenvalue weighted by atomic mass is 35.5. The molecule has 4 nitrogen and oxygen atoms in total. The number of fused-ring (bicyclic) bond motifs is 1. The van der Waals surface area contributed by atoms with E-state index in [1.165, 1.54) is 0 Å². The van der Waals surface area contributed by atoms with Gasteiger partial charge < -0.3 is 15.8 Å². The van der Waals surface area contributed by atoms with Crippen LogP contribution in [0.3, 0.4) is 0 Å². The molecule has 2 rings (SSSR count). The molecule has 1 amide bonds. The third-order valence-corrected chi connectivity index (χ3v) is 2.98. The number of nitrogens with two attached hydrogens (primary N) is 1. The van der Waals surface area contributed by atoms with Gasteiger partial charge in [0.25, 0.3) is 0 Å². The predicted octanol–water partition coefficient (Wildman–Crippen LogP) is 1.97. The molecule has 0 aliphatic carbocycles. The van der Waals surface area contributed by atoms with Crippen molar-refractivity contribution < 1.29 is 9.53 Å². The standard InChI is InChI=1S/C13H18N2O2.ClH/c1-8(2)12(14)13(16)15-10-3-4-11-9(7-10)5-6-17-11;/h3-4,7-8,12H,5-6,14H2,1-2H3,(H,15,16);1H. The molecule has 0 aromatic heterocycles. The minimum Gasteiger partial charge on any atom is -0.493 e. The van der Waals surface area contributed by atoms with Crippen LogP contribution in [-0.4, -0.2) is 18.6 Å². The highest BCUT2D eigenvalue weighted by Gasteiger charge is 2.18. The molecule has 5 heteroatoms. The molecule has 0 saturated carbocycles. The number of benzene rings is 1. The minimum atomic E-state index is -0.473. The number of hydrogen-bond donors (Lipinski definition) is 2. The van der Waals surface area contributed by atoms with Crippen LogP contribution >= 0.6 is 12.4 Å². The quantitative estimate of drug-likeness (QED) is 0.883. The fraction of sp³-hybridized carbons (Fsp3) is 0.462. The third-order valence-electron chi connectivity index (χ3n) is 2.98. The summed E-state index contributed by atoms with van der Waals surface area (Å²) in [4.78, 5) is 11.8. The maximum absolute atomic E-state index is 11.8. The number of ether oxygens (including phenoxy) is 1. The molecule has 0 radical (unpaired) electrons. The van der Waals surface area contributed by atoms with Gasteiger partial charge in [-0.05, 0) is 29.7 Å². The second kappa shape index (κ2) is 6.07. The average Bonchev–Trinajstić information content (AvgIpc) is 2.74. The van der Waals surface area contributed by atoms with E-state index in [2.05, 4.69) is 5.32 Å². The van der Waals surface area contributed by atoms with Gasteiger partial charge in [-0.1, -0.05) is 13.8 Å². The van der Waals surface area contributed by atoms with Crippen LogP contribution in [-0.2, 0) is 11.2 Å². The van der Waals surface area contributed by atoms with Crippen molar-refractivity contribution >= 4 is 24.0 Å². The van der Waals surface area contributed by atoms with Crippen molar-refractivity contribution in [2.75, 3.05) is 11.9 Å². The minimum absolute atomic E-state index is 0. The average molecular weight is 271 g/mol. The smallest absolute Gasteiger partial charge is 0.241 e. The second-order valence-corrected chi connectivity index (χ2v) is 4.68. The molecule has 18 heavy (non-hydrogen) atoms. The van der Waals surface area contributed by atoms with Crippen molar-refractivity contribution in [3.05, 3.63) is 23.8 Å². The Labute approximate surface area is 113 Å². The number of rotatable bonds is 3. The van der Waals surface area contributed by atoms with Crippen molar-refractivity contribution in [3.63, 3.8) is 0 Å². The first-order valence-corrected chi connectivity index (χ1v) is 5.90. The molecule has 1 heterocycles. The zero-order valence-corrected chi connectivity index (χ0v) is 11.4. The molecule has 1 aliphatic rings. The first-order chi connectivity index (χ1) is 8.08. The van der Waals surface area contributed by atoms with Crippen molar-refractivity contribution in [2.24, 2.45) is 11.7 Å². The van der Waals surface area contributed by atoms with Gasteiger partial charge in [-0.25, -0.2) is 0 Å². The van der Waals surface area contributed by atoms with Gasteiger partial charge in [0.05, 0.1) is 12.6 Å². The predicted molar refractivity (Wildman–Crippen MR) is 74.3 cm³/mol. The molecule has 0 bridgehead atoms. The van der Waals surface area contributed by atoms with E-state index >= 15 is 0 Å². The number of nitrogens with one attached hydrogen (secondary N) is 1. The van der Waals surface area contributed by atoms with Crippen molar-refractivity contribution in [1.29, 1.82) is 0 Å². The molecule has 1 aromatic rings. The Balaban J connectivity index is 0.00000162. The van der Waals surface area contributed by atoms with Gasteiger partial charge in [0, 0.05) is 12.1 Å². The van der Waals surface area contributed by atoms with Gasteiger partial charge >= 0.3 is 0 Å². The lowest BCUT2D eigenvalue weighted by Crippen LogP contribution is -2.39. The van der Waals surface area contributed by atoms with Crippen LogP contribution in [0.4, 0.5) is 5.69 Å². The van der Waals surface area contributed by atoms with E-state index in [9.17, 15) is 4.79 Å². The third kappa shape index (κ3) is 3.15. The Morgan fingerprint density at radius 2 is 2.17 bits per heavy atom. The summed E-state index contributed by atoms with van der Waals surface area (Å²) < 4.78 is 5.41. The Morgan fingerprint density at radius 3 is 2.83 bits per heavy atom. The highest BCUT2D eigenvalue weighted by molar-refractivity contribution is 5.95. The van der Waals surface area contributed by atoms with Crippen molar-refractivity contribution in [1.82, 2.24) is 0 Å². The second-order valence-electron chi connectivity index (χ2n) is 4.68. The van der Waals surface area contributed by atoms with E-state index in [-0.39, 0.29) is 24.2 Å². The van der Waals surface area contributed by atoms with E-state index in [1.54, 1.807) is 0 Å². The monoisotopic (exact) mass is 270 g/mol. The molecule has 1 unspecified atom stereocenters. The maximum atomic E-state index is 11.8. The summed E-state index contributed by atoms with van der Waals surface area (Å²) in [7, 11) is 0. The van der Waals surface area contributed by atoms with E-state index in [0.29, 0.717) is 0 Å². The normalized spacial score (nSPS) is 14.4.